The molecule has 0 spiro atoms. The minimum absolute atomic E-state index is 0.0148. The number of carbonyl (C=O) groups excluding carboxylic acids is 2. The van der Waals surface area contributed by atoms with Gasteiger partial charge in [0.1, 0.15) is 32.7 Å². The van der Waals surface area contributed by atoms with Gasteiger partial charge in [-0.3, -0.25) is 14.9 Å². The van der Waals surface area contributed by atoms with E-state index in [4.69, 9.17) is 11.4 Å². The van der Waals surface area contributed by atoms with E-state index in [1.165, 1.54) is 36.6 Å². The number of amides is 2. The fraction of sp³-hybridized carbons (Fsp3) is 0.606. The first-order valence-corrected chi connectivity index (χ1v) is 16.2. The highest BCUT2D eigenvalue weighted by molar-refractivity contribution is 7.15. The summed E-state index contributed by atoms with van der Waals surface area (Å²) in [4.78, 5) is 37.0. The quantitative estimate of drug-likeness (QED) is 0.362. The molecule has 1 aliphatic heterocycles. The van der Waals surface area contributed by atoms with Gasteiger partial charge in [-0.25, -0.2) is 4.98 Å². The Hall–Kier alpha value is -2.77. The van der Waals surface area contributed by atoms with Crippen LogP contribution in [0.2, 0.25) is 0 Å². The summed E-state index contributed by atoms with van der Waals surface area (Å²) in [5.41, 5.74) is 2.76. The molecule has 2 heterocycles. The number of anilines is 1. The van der Waals surface area contributed by atoms with E-state index in [1.807, 2.05) is 19.1 Å². The van der Waals surface area contributed by atoms with E-state index in [2.05, 4.69) is 44.3 Å². The summed E-state index contributed by atoms with van der Waals surface area (Å²) < 4.78 is 0. The van der Waals surface area contributed by atoms with Crippen LogP contribution in [0.25, 0.3) is 0 Å². The van der Waals surface area contributed by atoms with Crippen LogP contribution in [-0.2, 0) is 17.8 Å². The molecule has 226 valence electrons. The number of terminal acetylenes is 1. The topological polar surface area (TPSA) is 91.4 Å². The first-order valence-electron chi connectivity index (χ1n) is 15.4. The molecule has 2 amide bonds. The molecule has 2 aromatic rings. The van der Waals surface area contributed by atoms with Crippen LogP contribution < -0.4 is 15.1 Å². The number of aliphatic hydroxyl groups is 1. The lowest BCUT2D eigenvalue weighted by Gasteiger charge is -2.53. The van der Waals surface area contributed by atoms with E-state index in [1.54, 1.807) is 33.1 Å². The highest BCUT2D eigenvalue weighted by Gasteiger charge is 2.54. The fourth-order valence-corrected chi connectivity index (χ4v) is 9.04. The average molecular weight is 594 g/mol. The number of quaternary nitrogens is 2. The summed E-state index contributed by atoms with van der Waals surface area (Å²) in [5, 5.41) is 15.3. The van der Waals surface area contributed by atoms with Crippen molar-refractivity contribution in [2.24, 2.45) is 23.2 Å². The van der Waals surface area contributed by atoms with Crippen LogP contribution in [0.4, 0.5) is 5.13 Å². The van der Waals surface area contributed by atoms with Gasteiger partial charge in [0.25, 0.3) is 5.91 Å². The Labute approximate surface area is 254 Å². The zero-order valence-electron chi connectivity index (χ0n) is 25.7. The highest BCUT2D eigenvalue weighted by atomic mass is 32.1. The minimum atomic E-state index is -0.614. The summed E-state index contributed by atoms with van der Waals surface area (Å²) in [6.45, 7) is 12.3. The zero-order chi connectivity index (χ0) is 30.2. The molecule has 1 aromatic carbocycles. The zero-order valence-corrected chi connectivity index (χ0v) is 26.5. The van der Waals surface area contributed by atoms with E-state index in [0.717, 1.165) is 31.5 Å². The molecule has 9 heteroatoms. The number of nitrogens with one attached hydrogen (secondary N) is 3. The molecule has 1 aromatic heterocycles. The van der Waals surface area contributed by atoms with Gasteiger partial charge in [-0.05, 0) is 48.6 Å². The van der Waals surface area contributed by atoms with Crippen LogP contribution in [0.15, 0.2) is 24.3 Å². The lowest BCUT2D eigenvalue weighted by Crippen LogP contribution is -3.26. The second-order valence-electron chi connectivity index (χ2n) is 13.4. The number of fused-ring (bicyclic) bond motifs is 2. The van der Waals surface area contributed by atoms with Gasteiger partial charge < -0.3 is 19.8 Å². The second kappa shape index (κ2) is 12.5. The number of thiazole rings is 1. The number of aliphatic hydroxyl groups excluding tert-OH is 1. The van der Waals surface area contributed by atoms with Crippen LogP contribution in [-0.4, -0.2) is 79.7 Å². The molecule has 42 heavy (non-hydrogen) atoms. The predicted octanol–water partition coefficient (Wildman–Crippen LogP) is 1.09. The number of piperazine rings is 1. The number of carbonyl (C=O) groups is 2. The van der Waals surface area contributed by atoms with Gasteiger partial charge in [-0.1, -0.05) is 38.8 Å². The Kier molecular flexibility index (Phi) is 9.10. The van der Waals surface area contributed by atoms with Gasteiger partial charge in [0.05, 0.1) is 25.4 Å². The van der Waals surface area contributed by atoms with Crippen molar-refractivity contribution in [1.82, 2.24) is 9.88 Å². The standard InChI is InChI=1S/C33H45N5O3S/c1-7-14-37(6)31(41)21(2)25-12-13-33(4)19-26-28(22(3)27(33)29(25)39)34-32(42-26)35-30(40)24-10-8-23(9-11-24)20-38-17-15-36(5)16-18-38/h1,8-11,21-22,25,27,29,39H,12-20H2,2-6H3,(H,34,35,40)/p+2/t21-,22-,25-,27+,29-,33-/m0/s1. The van der Waals surface area contributed by atoms with Gasteiger partial charge >= 0.3 is 0 Å². The summed E-state index contributed by atoms with van der Waals surface area (Å²) in [7, 11) is 3.98. The van der Waals surface area contributed by atoms with E-state index in [9.17, 15) is 14.7 Å². The molecule has 0 unspecified atom stereocenters. The number of hydrogen-bond donors (Lipinski definition) is 4. The van der Waals surface area contributed by atoms with Crippen LogP contribution in [0.1, 0.15) is 66.0 Å². The Morgan fingerprint density at radius 3 is 2.62 bits per heavy atom. The largest absolute Gasteiger partial charge is 0.392 e. The smallest absolute Gasteiger partial charge is 0.257 e. The molecule has 0 radical (unpaired) electrons. The lowest BCUT2D eigenvalue weighted by molar-refractivity contribution is -1.01. The van der Waals surface area contributed by atoms with E-state index in [-0.39, 0.29) is 47.4 Å². The second-order valence-corrected chi connectivity index (χ2v) is 14.5. The first-order chi connectivity index (χ1) is 20.0. The van der Waals surface area contributed by atoms with Crippen LogP contribution in [0.5, 0.6) is 0 Å². The van der Waals surface area contributed by atoms with Crippen LogP contribution in [0, 0.1) is 35.5 Å². The number of likely N-dealkylation sites (N-methyl/N-ethyl adjacent to an activating group) is 1. The summed E-state index contributed by atoms with van der Waals surface area (Å²) in [6.07, 6.45) is 7.35. The highest BCUT2D eigenvalue weighted by Crippen LogP contribution is 2.57. The Bertz CT molecular complexity index is 1330. The van der Waals surface area contributed by atoms with Crippen molar-refractivity contribution in [1.29, 1.82) is 0 Å². The third-order valence-corrected chi connectivity index (χ3v) is 11.3. The SMILES string of the molecule is C#CCN(C)C(=O)[C@@H](C)[C@@H]1CC[C@@]2(C)Cc3sc(NC(=O)c4ccc(C[NH+]5CC[NH+](C)CC5)cc4)nc3[C@@H](C)[C@@H]2[C@H]1O. The van der Waals surface area contributed by atoms with Crippen LogP contribution >= 0.6 is 11.3 Å². The van der Waals surface area contributed by atoms with Crippen molar-refractivity contribution in [3.8, 4) is 12.3 Å². The van der Waals surface area contributed by atoms with Crippen molar-refractivity contribution in [3.05, 3.63) is 46.0 Å². The van der Waals surface area contributed by atoms with Crippen molar-refractivity contribution in [2.45, 2.75) is 58.6 Å². The van der Waals surface area contributed by atoms with Gasteiger partial charge in [0.2, 0.25) is 5.91 Å². The molecule has 4 N–H and O–H groups in total. The Morgan fingerprint density at radius 2 is 1.95 bits per heavy atom. The third-order valence-electron chi connectivity index (χ3n) is 10.4. The number of benzene rings is 1. The number of hydrogen-bond acceptors (Lipinski definition) is 5. The molecule has 8 nitrogen and oxygen atoms in total. The number of nitrogens with zero attached hydrogens (tertiary/aromatic N) is 2. The van der Waals surface area contributed by atoms with E-state index in [0.29, 0.717) is 10.7 Å². The van der Waals surface area contributed by atoms with Gasteiger partial charge in [0, 0.05) is 34.9 Å². The number of rotatable bonds is 7. The van der Waals surface area contributed by atoms with Gasteiger partial charge in [0.15, 0.2) is 5.13 Å². The monoisotopic (exact) mass is 593 g/mol. The van der Waals surface area contributed by atoms with Crippen molar-refractivity contribution >= 4 is 28.3 Å². The average Bonchev–Trinajstić information content (AvgIpc) is 3.35. The molecule has 1 saturated carbocycles. The van der Waals surface area contributed by atoms with Gasteiger partial charge in [-0.15, -0.1) is 17.8 Å². The number of aromatic nitrogens is 1. The summed E-state index contributed by atoms with van der Waals surface area (Å²) in [6, 6.07) is 7.97. The van der Waals surface area contributed by atoms with Crippen molar-refractivity contribution in [3.63, 3.8) is 0 Å². The maximum atomic E-state index is 13.2. The maximum Gasteiger partial charge on any atom is 0.257 e. The molecular formula is C33H47N5O3S+2. The summed E-state index contributed by atoms with van der Waals surface area (Å²) >= 11 is 1.56. The molecule has 6 atom stereocenters. The Morgan fingerprint density at radius 1 is 1.26 bits per heavy atom. The van der Waals surface area contributed by atoms with Gasteiger partial charge in [-0.2, -0.15) is 0 Å². The molecular weight excluding hydrogens is 546 g/mol. The first kappa shape index (κ1) is 30.7. The van der Waals surface area contributed by atoms with E-state index < -0.39 is 6.10 Å². The third kappa shape index (κ3) is 6.14. The molecule has 3 aliphatic rings. The molecule has 0 bridgehead atoms. The molecule has 1 saturated heterocycles. The van der Waals surface area contributed by atoms with Crippen molar-refractivity contribution in [2.75, 3.05) is 52.1 Å². The minimum Gasteiger partial charge on any atom is -0.392 e. The Balaban J connectivity index is 1.25. The summed E-state index contributed by atoms with van der Waals surface area (Å²) in [5.74, 6) is 1.94. The lowest BCUT2D eigenvalue weighted by atomic mass is 9.53. The molecule has 2 aliphatic carbocycles. The molecule has 2 fully saturated rings. The van der Waals surface area contributed by atoms with E-state index >= 15 is 0 Å². The fourth-order valence-electron chi connectivity index (χ4n) is 7.78. The van der Waals surface area contributed by atoms with Crippen LogP contribution in [0.3, 0.4) is 0 Å². The maximum absolute atomic E-state index is 13.2. The normalized spacial score (nSPS) is 31.3. The van der Waals surface area contributed by atoms with Crippen molar-refractivity contribution < 1.29 is 24.5 Å². The predicted molar refractivity (Wildman–Crippen MR) is 166 cm³/mol. The molecule has 5 rings (SSSR count).